The Balaban J connectivity index is 1.98. The molecule has 0 aromatic carbocycles. The van der Waals surface area contributed by atoms with Crippen LogP contribution in [0.5, 0.6) is 0 Å². The fraction of sp³-hybridized carbons (Fsp3) is 0.636. The van der Waals surface area contributed by atoms with Gasteiger partial charge < -0.3 is 15.5 Å². The van der Waals surface area contributed by atoms with E-state index in [1.54, 1.807) is 0 Å². The molecule has 1 aliphatic rings. The summed E-state index contributed by atoms with van der Waals surface area (Å²) in [6, 6.07) is 1.32. The first-order chi connectivity index (χ1) is 9.49. The summed E-state index contributed by atoms with van der Waals surface area (Å²) in [5.74, 6) is 3.87. The summed E-state index contributed by atoms with van der Waals surface area (Å²) in [6.07, 6.45) is -1.72. The van der Waals surface area contributed by atoms with Crippen LogP contribution in [0.3, 0.4) is 0 Å². The molecule has 2 rings (SSSR count). The number of nitrogens with one attached hydrogen (secondary N) is 2. The zero-order chi connectivity index (χ0) is 14.6. The second-order valence-corrected chi connectivity index (χ2v) is 4.45. The van der Waals surface area contributed by atoms with E-state index in [9.17, 15) is 13.2 Å². The highest BCUT2D eigenvalue weighted by molar-refractivity contribution is 5.47. The molecule has 0 aliphatic carbocycles. The Labute approximate surface area is 113 Å². The molecule has 0 radical (unpaired) electrons. The normalized spacial score (nSPS) is 19.1. The van der Waals surface area contributed by atoms with Gasteiger partial charge in [0.1, 0.15) is 11.6 Å². The van der Waals surface area contributed by atoms with Gasteiger partial charge in [-0.3, -0.25) is 0 Å². The number of halogens is 3. The van der Waals surface area contributed by atoms with E-state index >= 15 is 0 Å². The molecule has 20 heavy (non-hydrogen) atoms. The lowest BCUT2D eigenvalue weighted by molar-refractivity contribution is -0.144. The van der Waals surface area contributed by atoms with E-state index in [0.29, 0.717) is 6.54 Å². The number of aromatic nitrogens is 2. The van der Waals surface area contributed by atoms with Crippen molar-refractivity contribution in [1.82, 2.24) is 9.97 Å². The topological polar surface area (TPSA) is 85.1 Å². The first-order valence-electron chi connectivity index (χ1n) is 6.27. The highest BCUT2D eigenvalue weighted by Gasteiger charge is 2.35. The SMILES string of the molecule is NNc1cc(NCCC2CCCO2)nc(C(F)(F)F)n1. The van der Waals surface area contributed by atoms with Crippen LogP contribution in [0.4, 0.5) is 24.8 Å². The van der Waals surface area contributed by atoms with Crippen LogP contribution in [0.25, 0.3) is 0 Å². The summed E-state index contributed by atoms with van der Waals surface area (Å²) in [5, 5.41) is 2.83. The van der Waals surface area contributed by atoms with Crippen LogP contribution in [0, 0.1) is 0 Å². The summed E-state index contributed by atoms with van der Waals surface area (Å²) in [6.45, 7) is 1.22. The minimum absolute atomic E-state index is 0.0817. The number of rotatable bonds is 5. The summed E-state index contributed by atoms with van der Waals surface area (Å²) in [5.41, 5.74) is 2.10. The maximum Gasteiger partial charge on any atom is 0.451 e. The van der Waals surface area contributed by atoms with E-state index in [1.165, 1.54) is 6.07 Å². The van der Waals surface area contributed by atoms with E-state index in [4.69, 9.17) is 10.6 Å². The fourth-order valence-electron chi connectivity index (χ4n) is 1.97. The third-order valence-corrected chi connectivity index (χ3v) is 2.92. The van der Waals surface area contributed by atoms with Crippen molar-refractivity contribution in [2.45, 2.75) is 31.5 Å². The number of alkyl halides is 3. The Morgan fingerprint density at radius 3 is 2.70 bits per heavy atom. The molecule has 0 saturated carbocycles. The number of nitrogens with zero attached hydrogens (tertiary/aromatic N) is 2. The minimum Gasteiger partial charge on any atom is -0.378 e. The number of nitrogens with two attached hydrogens (primary N) is 1. The number of ether oxygens (including phenoxy) is 1. The van der Waals surface area contributed by atoms with Gasteiger partial charge in [-0.25, -0.2) is 15.8 Å². The van der Waals surface area contributed by atoms with E-state index in [0.717, 1.165) is 25.9 Å². The number of hydrogen-bond donors (Lipinski definition) is 3. The monoisotopic (exact) mass is 291 g/mol. The van der Waals surface area contributed by atoms with Gasteiger partial charge in [-0.05, 0) is 19.3 Å². The van der Waals surface area contributed by atoms with Crippen LogP contribution >= 0.6 is 0 Å². The number of hydrogen-bond acceptors (Lipinski definition) is 6. The maximum absolute atomic E-state index is 12.6. The van der Waals surface area contributed by atoms with Crippen molar-refractivity contribution in [2.75, 3.05) is 23.9 Å². The Hall–Kier alpha value is -1.61. The maximum atomic E-state index is 12.6. The van der Waals surface area contributed by atoms with E-state index in [-0.39, 0.29) is 17.7 Å². The molecule has 2 heterocycles. The van der Waals surface area contributed by atoms with Crippen molar-refractivity contribution in [2.24, 2.45) is 5.84 Å². The van der Waals surface area contributed by atoms with Crippen LogP contribution in [0.2, 0.25) is 0 Å². The third-order valence-electron chi connectivity index (χ3n) is 2.92. The van der Waals surface area contributed by atoms with Crippen molar-refractivity contribution in [3.63, 3.8) is 0 Å². The summed E-state index contributed by atoms with van der Waals surface area (Å²) < 4.78 is 43.3. The lowest BCUT2D eigenvalue weighted by atomic mass is 10.2. The second kappa shape index (κ2) is 6.23. The van der Waals surface area contributed by atoms with Crippen LogP contribution in [-0.2, 0) is 10.9 Å². The van der Waals surface area contributed by atoms with Gasteiger partial charge >= 0.3 is 6.18 Å². The Morgan fingerprint density at radius 1 is 1.35 bits per heavy atom. The smallest absolute Gasteiger partial charge is 0.378 e. The highest BCUT2D eigenvalue weighted by Crippen LogP contribution is 2.28. The molecule has 1 saturated heterocycles. The van der Waals surface area contributed by atoms with Crippen molar-refractivity contribution >= 4 is 11.6 Å². The molecule has 4 N–H and O–H groups in total. The molecule has 1 unspecified atom stereocenters. The van der Waals surface area contributed by atoms with Crippen molar-refractivity contribution in [3.05, 3.63) is 11.9 Å². The predicted octanol–water partition coefficient (Wildman–Crippen LogP) is 1.76. The Morgan fingerprint density at radius 2 is 2.10 bits per heavy atom. The van der Waals surface area contributed by atoms with Crippen LogP contribution < -0.4 is 16.6 Å². The molecule has 1 atom stereocenters. The number of anilines is 2. The zero-order valence-electron chi connectivity index (χ0n) is 10.7. The molecule has 1 fully saturated rings. The van der Waals surface area contributed by atoms with E-state index in [1.807, 2.05) is 0 Å². The van der Waals surface area contributed by atoms with Gasteiger partial charge in [0.25, 0.3) is 0 Å². The average molecular weight is 291 g/mol. The molecular weight excluding hydrogens is 275 g/mol. The lowest BCUT2D eigenvalue weighted by Crippen LogP contribution is -2.18. The van der Waals surface area contributed by atoms with Gasteiger partial charge in [0.2, 0.25) is 5.82 Å². The van der Waals surface area contributed by atoms with E-state index in [2.05, 4.69) is 20.7 Å². The Kier molecular flexibility index (Phi) is 4.61. The molecule has 0 bridgehead atoms. The number of hydrazine groups is 1. The predicted molar refractivity (Wildman–Crippen MR) is 66.9 cm³/mol. The molecule has 9 heteroatoms. The van der Waals surface area contributed by atoms with Gasteiger partial charge in [-0.15, -0.1) is 0 Å². The average Bonchev–Trinajstić information content (AvgIpc) is 2.90. The van der Waals surface area contributed by atoms with Crippen molar-refractivity contribution < 1.29 is 17.9 Å². The van der Waals surface area contributed by atoms with Gasteiger partial charge in [0.15, 0.2) is 0 Å². The zero-order valence-corrected chi connectivity index (χ0v) is 10.7. The fourth-order valence-corrected chi connectivity index (χ4v) is 1.97. The van der Waals surface area contributed by atoms with Gasteiger partial charge in [-0.2, -0.15) is 13.2 Å². The molecule has 112 valence electrons. The van der Waals surface area contributed by atoms with Crippen molar-refractivity contribution in [1.29, 1.82) is 0 Å². The highest BCUT2D eigenvalue weighted by atomic mass is 19.4. The summed E-state index contributed by atoms with van der Waals surface area (Å²) in [4.78, 5) is 6.70. The van der Waals surface area contributed by atoms with Gasteiger partial charge in [0.05, 0.1) is 6.10 Å². The molecule has 1 aromatic rings. The van der Waals surface area contributed by atoms with Gasteiger partial charge in [0, 0.05) is 19.2 Å². The van der Waals surface area contributed by atoms with Gasteiger partial charge in [-0.1, -0.05) is 0 Å². The molecular formula is C11H16F3N5O. The first-order valence-corrected chi connectivity index (χ1v) is 6.27. The molecule has 6 nitrogen and oxygen atoms in total. The van der Waals surface area contributed by atoms with Crippen molar-refractivity contribution in [3.8, 4) is 0 Å². The Bertz CT molecular complexity index is 448. The van der Waals surface area contributed by atoms with E-state index < -0.39 is 12.0 Å². The second-order valence-electron chi connectivity index (χ2n) is 4.45. The largest absolute Gasteiger partial charge is 0.451 e. The lowest BCUT2D eigenvalue weighted by Gasteiger charge is -2.13. The summed E-state index contributed by atoms with van der Waals surface area (Å²) >= 11 is 0. The van der Waals surface area contributed by atoms with Crippen LogP contribution in [0.15, 0.2) is 6.07 Å². The standard InChI is InChI=1S/C11H16F3N5O/c12-11(13,14)10-17-8(6-9(18-10)19-15)16-4-3-7-2-1-5-20-7/h6-7H,1-5,15H2,(H2,16,17,18,19). The van der Waals surface area contributed by atoms with Crippen LogP contribution in [-0.4, -0.2) is 29.2 Å². The molecule has 1 aromatic heterocycles. The molecule has 1 aliphatic heterocycles. The summed E-state index contributed by atoms with van der Waals surface area (Å²) in [7, 11) is 0. The molecule has 0 spiro atoms. The number of nitrogen functional groups attached to an aromatic ring is 1. The first kappa shape index (κ1) is 14.8. The third kappa shape index (κ3) is 3.94. The minimum atomic E-state index is -4.61. The molecule has 0 amide bonds. The van der Waals surface area contributed by atoms with Crippen LogP contribution in [0.1, 0.15) is 25.1 Å². The quantitative estimate of drug-likeness (QED) is 0.566.